The lowest BCUT2D eigenvalue weighted by Gasteiger charge is -2.06. The predicted molar refractivity (Wildman–Crippen MR) is 79.9 cm³/mol. The first-order valence-corrected chi connectivity index (χ1v) is 6.93. The van der Waals surface area contributed by atoms with Crippen molar-refractivity contribution in [2.24, 2.45) is 0 Å². The molecule has 0 atom stereocenters. The highest BCUT2D eigenvalue weighted by atomic mass is 32.1. The van der Waals surface area contributed by atoms with Gasteiger partial charge in [0.25, 0.3) is 5.91 Å². The molecule has 0 radical (unpaired) electrons. The number of benzene rings is 1. The maximum atomic E-state index is 12.7. The topological polar surface area (TPSA) is 48.0 Å². The number of thiophene rings is 1. The summed E-state index contributed by atoms with van der Waals surface area (Å²) in [6.07, 6.45) is 0. The Hall–Kier alpha value is -2.07. The molecule has 0 aliphatic carbocycles. The highest BCUT2D eigenvalue weighted by Crippen LogP contribution is 2.29. The first-order chi connectivity index (χ1) is 9.11. The van der Waals surface area contributed by atoms with E-state index in [4.69, 9.17) is 5.73 Å². The Kier molecular flexibility index (Phi) is 2.68. The average molecular weight is 270 g/mol. The molecule has 2 heterocycles. The summed E-state index contributed by atoms with van der Waals surface area (Å²) in [6.45, 7) is 3.84. The molecule has 0 aliphatic rings. The van der Waals surface area contributed by atoms with Crippen LogP contribution in [0.3, 0.4) is 0 Å². The Morgan fingerprint density at radius 1 is 1.21 bits per heavy atom. The van der Waals surface area contributed by atoms with Crippen molar-refractivity contribution in [3.8, 4) is 0 Å². The van der Waals surface area contributed by atoms with Crippen LogP contribution in [-0.2, 0) is 0 Å². The molecule has 1 aromatic carbocycles. The molecule has 0 saturated heterocycles. The largest absolute Gasteiger partial charge is 0.397 e. The number of carbonyl (C=O) groups is 1. The van der Waals surface area contributed by atoms with Gasteiger partial charge in [-0.25, -0.2) is 0 Å². The van der Waals surface area contributed by atoms with E-state index in [1.54, 1.807) is 4.57 Å². The van der Waals surface area contributed by atoms with Crippen molar-refractivity contribution < 1.29 is 4.79 Å². The lowest BCUT2D eigenvalue weighted by molar-refractivity contribution is 0.0966. The Labute approximate surface area is 115 Å². The number of anilines is 1. The van der Waals surface area contributed by atoms with Crippen LogP contribution < -0.4 is 5.73 Å². The van der Waals surface area contributed by atoms with Crippen molar-refractivity contribution in [2.45, 2.75) is 13.8 Å². The summed E-state index contributed by atoms with van der Waals surface area (Å²) in [4.78, 5) is 13.5. The number of aryl methyl sites for hydroxylation is 1. The van der Waals surface area contributed by atoms with Gasteiger partial charge in [-0.15, -0.1) is 11.3 Å². The van der Waals surface area contributed by atoms with Crippen molar-refractivity contribution in [3.05, 3.63) is 51.8 Å². The third kappa shape index (κ3) is 1.68. The molecule has 3 aromatic rings. The number of hydrogen-bond donors (Lipinski definition) is 1. The molecule has 3 nitrogen and oxygen atoms in total. The summed E-state index contributed by atoms with van der Waals surface area (Å²) in [7, 11) is 0. The molecule has 4 heteroatoms. The SMILES string of the molecule is Cc1ccsc1C(=O)n1c(C)c(N)c2ccccc21. The van der Waals surface area contributed by atoms with Gasteiger partial charge in [-0.3, -0.25) is 9.36 Å². The molecule has 0 saturated carbocycles. The fourth-order valence-electron chi connectivity index (χ4n) is 2.35. The number of carbonyl (C=O) groups excluding carboxylic acids is 1. The molecule has 2 N–H and O–H groups in total. The summed E-state index contributed by atoms with van der Waals surface area (Å²) in [5.41, 5.74) is 9.46. The van der Waals surface area contributed by atoms with Gasteiger partial charge in [0, 0.05) is 11.1 Å². The molecule has 96 valence electrons. The van der Waals surface area contributed by atoms with Gasteiger partial charge in [-0.1, -0.05) is 18.2 Å². The normalized spacial score (nSPS) is 11.1. The smallest absolute Gasteiger partial charge is 0.272 e. The molecule has 0 bridgehead atoms. The summed E-state index contributed by atoms with van der Waals surface area (Å²) >= 11 is 1.47. The Morgan fingerprint density at radius 2 is 1.95 bits per heavy atom. The summed E-state index contributed by atoms with van der Waals surface area (Å²) in [6, 6.07) is 9.69. The van der Waals surface area contributed by atoms with Gasteiger partial charge in [0.05, 0.1) is 16.1 Å². The third-order valence-electron chi connectivity index (χ3n) is 3.42. The Bertz CT molecular complexity index is 783. The standard InChI is InChI=1S/C15H14N2OS/c1-9-7-8-19-14(9)15(18)17-10(2)13(16)11-5-3-4-6-12(11)17/h3-8H,16H2,1-2H3. The molecule has 0 spiro atoms. The maximum absolute atomic E-state index is 12.7. The van der Waals surface area contributed by atoms with Gasteiger partial charge < -0.3 is 5.73 Å². The molecule has 19 heavy (non-hydrogen) atoms. The number of fused-ring (bicyclic) bond motifs is 1. The fraction of sp³-hybridized carbons (Fsp3) is 0.133. The molecule has 0 fully saturated rings. The second kappa shape index (κ2) is 4.24. The second-order valence-electron chi connectivity index (χ2n) is 4.59. The van der Waals surface area contributed by atoms with Crippen LogP contribution in [0.2, 0.25) is 0 Å². The zero-order chi connectivity index (χ0) is 13.6. The van der Waals surface area contributed by atoms with Gasteiger partial charge in [0.1, 0.15) is 0 Å². The minimum atomic E-state index is -0.00194. The quantitative estimate of drug-likeness (QED) is 0.734. The van der Waals surface area contributed by atoms with Gasteiger partial charge in [-0.05, 0) is 36.9 Å². The Morgan fingerprint density at radius 3 is 2.63 bits per heavy atom. The number of hydrogen-bond acceptors (Lipinski definition) is 3. The van der Waals surface area contributed by atoms with E-state index in [-0.39, 0.29) is 5.91 Å². The number of rotatable bonds is 1. The minimum Gasteiger partial charge on any atom is -0.397 e. The van der Waals surface area contributed by atoms with Crippen LogP contribution >= 0.6 is 11.3 Å². The number of para-hydroxylation sites is 1. The van der Waals surface area contributed by atoms with Crippen LogP contribution in [-0.4, -0.2) is 10.5 Å². The van der Waals surface area contributed by atoms with Crippen LogP contribution in [0.4, 0.5) is 5.69 Å². The van der Waals surface area contributed by atoms with Crippen LogP contribution in [0.25, 0.3) is 10.9 Å². The molecule has 3 rings (SSSR count). The van der Waals surface area contributed by atoms with Gasteiger partial charge in [0.2, 0.25) is 0 Å². The van der Waals surface area contributed by atoms with E-state index in [0.29, 0.717) is 5.69 Å². The summed E-state index contributed by atoms with van der Waals surface area (Å²) in [5, 5.41) is 2.87. The summed E-state index contributed by atoms with van der Waals surface area (Å²) in [5.74, 6) is -0.00194. The second-order valence-corrected chi connectivity index (χ2v) is 5.51. The van der Waals surface area contributed by atoms with Gasteiger partial charge in [0.15, 0.2) is 0 Å². The number of nitrogens with two attached hydrogens (primary N) is 1. The number of nitrogens with zero attached hydrogens (tertiary/aromatic N) is 1. The first kappa shape index (κ1) is 12.0. The zero-order valence-corrected chi connectivity index (χ0v) is 11.6. The van der Waals surface area contributed by atoms with Crippen molar-refractivity contribution >= 4 is 33.8 Å². The van der Waals surface area contributed by atoms with Crippen LogP contribution in [0.15, 0.2) is 35.7 Å². The average Bonchev–Trinajstić information content (AvgIpc) is 2.94. The van der Waals surface area contributed by atoms with Crippen LogP contribution in [0.1, 0.15) is 20.9 Å². The predicted octanol–water partition coefficient (Wildman–Crippen LogP) is 3.59. The van der Waals surface area contributed by atoms with Gasteiger partial charge in [-0.2, -0.15) is 0 Å². The Balaban J connectivity index is 2.29. The van der Waals surface area contributed by atoms with E-state index >= 15 is 0 Å². The monoisotopic (exact) mass is 270 g/mol. The highest BCUT2D eigenvalue weighted by Gasteiger charge is 2.19. The molecular weight excluding hydrogens is 256 g/mol. The molecule has 0 unspecified atom stereocenters. The third-order valence-corrected chi connectivity index (χ3v) is 4.42. The van der Waals surface area contributed by atoms with Gasteiger partial charge >= 0.3 is 0 Å². The van der Waals surface area contributed by atoms with E-state index in [0.717, 1.165) is 27.0 Å². The van der Waals surface area contributed by atoms with E-state index in [1.807, 2.05) is 49.6 Å². The molecule has 2 aromatic heterocycles. The number of aromatic nitrogens is 1. The van der Waals surface area contributed by atoms with Crippen molar-refractivity contribution in [3.63, 3.8) is 0 Å². The van der Waals surface area contributed by atoms with E-state index < -0.39 is 0 Å². The van der Waals surface area contributed by atoms with Crippen LogP contribution in [0.5, 0.6) is 0 Å². The molecular formula is C15H14N2OS. The fourth-order valence-corrected chi connectivity index (χ4v) is 3.20. The molecule has 0 amide bonds. The lowest BCUT2D eigenvalue weighted by Crippen LogP contribution is -2.13. The maximum Gasteiger partial charge on any atom is 0.272 e. The lowest BCUT2D eigenvalue weighted by atomic mass is 10.2. The van der Waals surface area contributed by atoms with E-state index in [1.165, 1.54) is 11.3 Å². The van der Waals surface area contributed by atoms with Crippen molar-refractivity contribution in [1.29, 1.82) is 0 Å². The molecule has 0 aliphatic heterocycles. The van der Waals surface area contributed by atoms with Crippen molar-refractivity contribution in [1.82, 2.24) is 4.57 Å². The summed E-state index contributed by atoms with van der Waals surface area (Å²) < 4.78 is 1.71. The highest BCUT2D eigenvalue weighted by molar-refractivity contribution is 7.12. The van der Waals surface area contributed by atoms with E-state index in [9.17, 15) is 4.79 Å². The zero-order valence-electron chi connectivity index (χ0n) is 10.8. The first-order valence-electron chi connectivity index (χ1n) is 6.05. The van der Waals surface area contributed by atoms with E-state index in [2.05, 4.69) is 0 Å². The minimum absolute atomic E-state index is 0.00194. The number of nitrogen functional groups attached to an aromatic ring is 1. The van der Waals surface area contributed by atoms with Crippen molar-refractivity contribution in [2.75, 3.05) is 5.73 Å². The van der Waals surface area contributed by atoms with Crippen LogP contribution in [0, 0.1) is 13.8 Å².